The number of nitrogens with one attached hydrogen (secondary N) is 1. The Balaban J connectivity index is 2.58. The van der Waals surface area contributed by atoms with Crippen molar-refractivity contribution in [2.24, 2.45) is 4.99 Å². The minimum Gasteiger partial charge on any atom is -0.496 e. The number of nitriles is 1. The summed E-state index contributed by atoms with van der Waals surface area (Å²) in [4.78, 5) is 4.29. The van der Waals surface area contributed by atoms with E-state index >= 15 is 0 Å². The molecule has 0 unspecified atom stereocenters. The zero-order chi connectivity index (χ0) is 12.5. The average molecular weight is 249 g/mol. The fourth-order valence-corrected chi connectivity index (χ4v) is 1.76. The first-order valence-electron chi connectivity index (χ1n) is 5.17. The summed E-state index contributed by atoms with van der Waals surface area (Å²) >= 11 is 1.42. The van der Waals surface area contributed by atoms with Gasteiger partial charge in [-0.05, 0) is 24.3 Å². The van der Waals surface area contributed by atoms with Crippen molar-refractivity contribution in [3.63, 3.8) is 0 Å². The smallest absolute Gasteiger partial charge is 0.183 e. The minimum atomic E-state index is 0.630. The second-order valence-electron chi connectivity index (χ2n) is 3.19. The van der Waals surface area contributed by atoms with E-state index in [4.69, 9.17) is 10.00 Å². The van der Waals surface area contributed by atoms with E-state index in [2.05, 4.69) is 10.3 Å². The number of ether oxygens (including phenoxy) is 1. The molecule has 1 aromatic carbocycles. The van der Waals surface area contributed by atoms with Crippen LogP contribution < -0.4 is 10.1 Å². The number of methoxy groups -OCH3 is 1. The molecular formula is C12H15N3OS. The maximum atomic E-state index is 8.49. The molecule has 0 saturated heterocycles. The van der Waals surface area contributed by atoms with Crippen molar-refractivity contribution in [2.75, 3.05) is 19.9 Å². The normalized spacial score (nSPS) is 10.8. The summed E-state index contributed by atoms with van der Waals surface area (Å²) in [6.07, 6.45) is 4.54. The van der Waals surface area contributed by atoms with Crippen molar-refractivity contribution < 1.29 is 4.74 Å². The number of benzene rings is 1. The average Bonchev–Trinajstić information content (AvgIpc) is 2.38. The summed E-state index contributed by atoms with van der Waals surface area (Å²) < 4.78 is 5.26. The number of amidine groups is 1. The van der Waals surface area contributed by atoms with Crippen LogP contribution in [0.25, 0.3) is 0 Å². The van der Waals surface area contributed by atoms with Gasteiger partial charge in [0.2, 0.25) is 0 Å². The van der Waals surface area contributed by atoms with Crippen molar-refractivity contribution in [3.05, 3.63) is 29.8 Å². The molecule has 0 radical (unpaired) electrons. The second kappa shape index (κ2) is 7.58. The maximum absolute atomic E-state index is 8.49. The Morgan fingerprint density at radius 3 is 2.94 bits per heavy atom. The number of hydrogen-bond acceptors (Lipinski definition) is 4. The highest BCUT2D eigenvalue weighted by Gasteiger charge is 2.01. The van der Waals surface area contributed by atoms with Crippen LogP contribution in [0.2, 0.25) is 0 Å². The van der Waals surface area contributed by atoms with Crippen LogP contribution in [-0.2, 0) is 6.42 Å². The zero-order valence-corrected chi connectivity index (χ0v) is 10.8. The molecule has 0 heterocycles. The van der Waals surface area contributed by atoms with Crippen molar-refractivity contribution >= 4 is 16.9 Å². The number of thioether (sulfide) groups is 1. The molecule has 1 rings (SSSR count). The van der Waals surface area contributed by atoms with Gasteiger partial charge in [0, 0.05) is 6.54 Å². The van der Waals surface area contributed by atoms with Gasteiger partial charge < -0.3 is 4.74 Å². The van der Waals surface area contributed by atoms with E-state index in [1.807, 2.05) is 36.7 Å². The third kappa shape index (κ3) is 4.37. The van der Waals surface area contributed by atoms with Crippen molar-refractivity contribution in [3.8, 4) is 11.9 Å². The molecule has 0 aliphatic rings. The molecular weight excluding hydrogens is 234 g/mol. The van der Waals surface area contributed by atoms with Gasteiger partial charge in [0.05, 0.1) is 7.11 Å². The fourth-order valence-electron chi connectivity index (χ4n) is 1.39. The third-order valence-corrected chi connectivity index (χ3v) is 2.80. The van der Waals surface area contributed by atoms with Crippen LogP contribution >= 0.6 is 11.8 Å². The van der Waals surface area contributed by atoms with Gasteiger partial charge in [-0.1, -0.05) is 30.0 Å². The predicted octanol–water partition coefficient (Wildman–Crippen LogP) is 2.03. The zero-order valence-electron chi connectivity index (χ0n) is 9.93. The van der Waals surface area contributed by atoms with Gasteiger partial charge in [0.15, 0.2) is 11.4 Å². The van der Waals surface area contributed by atoms with Crippen molar-refractivity contribution in [1.82, 2.24) is 5.32 Å². The van der Waals surface area contributed by atoms with Crippen LogP contribution in [0.1, 0.15) is 5.56 Å². The summed E-state index contributed by atoms with van der Waals surface area (Å²) in [5.74, 6) is 0.877. The largest absolute Gasteiger partial charge is 0.496 e. The standard InChI is InChI=1S/C12H15N3OS/c1-16-11-6-4-3-5-10(11)7-8-14-12(17-2)15-9-13/h3-6H,7-8H2,1-2H3,(H,14,15). The van der Waals surface area contributed by atoms with E-state index in [1.54, 1.807) is 7.11 Å². The van der Waals surface area contributed by atoms with E-state index in [1.165, 1.54) is 11.8 Å². The molecule has 0 bridgehead atoms. The molecule has 0 fully saturated rings. The molecule has 0 amide bonds. The Hall–Kier alpha value is -1.67. The Labute approximate surface area is 106 Å². The Morgan fingerprint density at radius 1 is 1.53 bits per heavy atom. The molecule has 17 heavy (non-hydrogen) atoms. The quantitative estimate of drug-likeness (QED) is 0.384. The first kappa shape index (κ1) is 13.4. The van der Waals surface area contributed by atoms with E-state index in [0.29, 0.717) is 11.7 Å². The fraction of sp³-hybridized carbons (Fsp3) is 0.333. The monoisotopic (exact) mass is 249 g/mol. The number of aliphatic imine (C=N–C) groups is 1. The summed E-state index contributed by atoms with van der Waals surface area (Å²) in [7, 11) is 1.66. The van der Waals surface area contributed by atoms with E-state index < -0.39 is 0 Å². The van der Waals surface area contributed by atoms with E-state index in [0.717, 1.165) is 17.7 Å². The van der Waals surface area contributed by atoms with Crippen molar-refractivity contribution in [1.29, 1.82) is 5.26 Å². The van der Waals surface area contributed by atoms with Crippen molar-refractivity contribution in [2.45, 2.75) is 6.42 Å². The maximum Gasteiger partial charge on any atom is 0.183 e. The Bertz CT molecular complexity index is 426. The lowest BCUT2D eigenvalue weighted by molar-refractivity contribution is 0.410. The number of nitrogens with zero attached hydrogens (tertiary/aromatic N) is 2. The summed E-state index contributed by atoms with van der Waals surface area (Å²) in [6.45, 7) is 0.630. The number of hydrogen-bond donors (Lipinski definition) is 1. The first-order valence-corrected chi connectivity index (χ1v) is 6.39. The van der Waals surface area contributed by atoms with Gasteiger partial charge in [0.25, 0.3) is 0 Å². The van der Waals surface area contributed by atoms with Gasteiger partial charge in [0.1, 0.15) is 5.75 Å². The molecule has 0 aliphatic carbocycles. The second-order valence-corrected chi connectivity index (χ2v) is 3.98. The molecule has 0 aromatic heterocycles. The molecule has 0 spiro atoms. The van der Waals surface area contributed by atoms with Crippen LogP contribution in [0.3, 0.4) is 0 Å². The highest BCUT2D eigenvalue weighted by molar-refractivity contribution is 8.13. The summed E-state index contributed by atoms with van der Waals surface area (Å²) in [6, 6.07) is 7.87. The number of para-hydroxylation sites is 1. The van der Waals surface area contributed by atoms with Gasteiger partial charge in [-0.2, -0.15) is 5.26 Å². The lowest BCUT2D eigenvalue weighted by Crippen LogP contribution is -2.14. The highest BCUT2D eigenvalue weighted by atomic mass is 32.2. The van der Waals surface area contributed by atoms with Crippen LogP contribution in [0, 0.1) is 11.5 Å². The van der Waals surface area contributed by atoms with E-state index in [9.17, 15) is 0 Å². The Morgan fingerprint density at radius 2 is 2.29 bits per heavy atom. The summed E-state index contributed by atoms with van der Waals surface area (Å²) in [5, 5.41) is 11.7. The van der Waals surface area contributed by atoms with E-state index in [-0.39, 0.29) is 0 Å². The minimum absolute atomic E-state index is 0.630. The molecule has 0 atom stereocenters. The lowest BCUT2D eigenvalue weighted by Gasteiger charge is -2.06. The van der Waals surface area contributed by atoms with Crippen LogP contribution in [0.4, 0.5) is 0 Å². The molecule has 4 nitrogen and oxygen atoms in total. The third-order valence-electron chi connectivity index (χ3n) is 2.19. The highest BCUT2D eigenvalue weighted by Crippen LogP contribution is 2.17. The molecule has 0 saturated carbocycles. The molecule has 1 aromatic rings. The van der Waals surface area contributed by atoms with Gasteiger partial charge in [-0.3, -0.25) is 10.3 Å². The van der Waals surface area contributed by atoms with Gasteiger partial charge in [-0.25, -0.2) is 0 Å². The summed E-state index contributed by atoms with van der Waals surface area (Å²) in [5.41, 5.74) is 1.12. The molecule has 90 valence electrons. The first-order chi connectivity index (χ1) is 8.31. The predicted molar refractivity (Wildman–Crippen MR) is 71.3 cm³/mol. The van der Waals surface area contributed by atoms with Crippen LogP contribution in [-0.4, -0.2) is 25.1 Å². The molecule has 5 heteroatoms. The van der Waals surface area contributed by atoms with Gasteiger partial charge >= 0.3 is 0 Å². The topological polar surface area (TPSA) is 57.4 Å². The lowest BCUT2D eigenvalue weighted by atomic mass is 10.1. The SMILES string of the molecule is COc1ccccc1CCN=C(NC#N)SC. The van der Waals surface area contributed by atoms with Crippen LogP contribution in [0.15, 0.2) is 29.3 Å². The number of rotatable bonds is 4. The molecule has 1 N–H and O–H groups in total. The van der Waals surface area contributed by atoms with Crippen LogP contribution in [0.5, 0.6) is 5.75 Å². The molecule has 0 aliphatic heterocycles. The Kier molecular flexibility index (Phi) is 5.97. The van der Waals surface area contributed by atoms with Gasteiger partial charge in [-0.15, -0.1) is 0 Å².